The van der Waals surface area contributed by atoms with Crippen molar-refractivity contribution in [2.45, 2.75) is 25.2 Å². The molecule has 0 aliphatic carbocycles. The lowest BCUT2D eigenvalue weighted by Crippen LogP contribution is -2.28. The molecule has 5 nitrogen and oxygen atoms in total. The van der Waals surface area contributed by atoms with Crippen LogP contribution in [0.1, 0.15) is 20.3 Å². The number of methoxy groups -OCH3 is 1. The molecule has 0 unspecified atom stereocenters. The Morgan fingerprint density at radius 3 is 2.45 bits per heavy atom. The van der Waals surface area contributed by atoms with Crippen molar-refractivity contribution in [3.05, 3.63) is 17.9 Å². The van der Waals surface area contributed by atoms with Crippen LogP contribution in [0, 0.1) is 11.7 Å². The molecular weight excluding hydrogens is 283 g/mol. The summed E-state index contributed by atoms with van der Waals surface area (Å²) >= 11 is 0. The molecule has 2 N–H and O–H groups in total. The van der Waals surface area contributed by atoms with E-state index in [0.29, 0.717) is 12.5 Å². The van der Waals surface area contributed by atoms with Crippen molar-refractivity contribution in [2.75, 3.05) is 26.4 Å². The molecule has 1 aromatic carbocycles. The second-order valence-corrected chi connectivity index (χ2v) is 7.08. The zero-order valence-electron chi connectivity index (χ0n) is 12.2. The maximum Gasteiger partial charge on any atom is 0.242 e. The summed E-state index contributed by atoms with van der Waals surface area (Å²) < 4.78 is 44.3. The van der Waals surface area contributed by atoms with Crippen molar-refractivity contribution in [1.82, 2.24) is 4.31 Å². The topological polar surface area (TPSA) is 72.6 Å². The molecule has 0 spiro atoms. The number of benzene rings is 1. The number of hydrogen-bond acceptors (Lipinski definition) is 4. The first kappa shape index (κ1) is 16.7. The molecular formula is C13H21FN2O3S. The standard InChI is InChI=1S/C13H21FN2O3S/c1-9(2)5-6-16(3)20(17,18)10-7-11(14)13(19-4)12(15)8-10/h7-9H,5-6,15H2,1-4H3. The summed E-state index contributed by atoms with van der Waals surface area (Å²) in [6, 6.07) is 2.14. The number of hydrogen-bond donors (Lipinski definition) is 1. The van der Waals surface area contributed by atoms with Crippen LogP contribution in [0.15, 0.2) is 17.0 Å². The van der Waals surface area contributed by atoms with E-state index in [2.05, 4.69) is 0 Å². The van der Waals surface area contributed by atoms with Gasteiger partial charge < -0.3 is 10.5 Å². The number of sulfonamides is 1. The number of nitrogens with two attached hydrogens (primary N) is 1. The summed E-state index contributed by atoms with van der Waals surface area (Å²) in [5.74, 6) is -0.553. The quantitative estimate of drug-likeness (QED) is 0.817. The van der Waals surface area contributed by atoms with E-state index in [0.717, 1.165) is 12.5 Å². The summed E-state index contributed by atoms with van der Waals surface area (Å²) in [5, 5.41) is 0. The third-order valence-corrected chi connectivity index (χ3v) is 4.81. The number of rotatable bonds is 6. The molecule has 0 heterocycles. The summed E-state index contributed by atoms with van der Waals surface area (Å²) in [6.07, 6.45) is 0.726. The van der Waals surface area contributed by atoms with Crippen LogP contribution in [0.25, 0.3) is 0 Å². The monoisotopic (exact) mass is 304 g/mol. The number of ether oxygens (including phenoxy) is 1. The van der Waals surface area contributed by atoms with Crippen LogP contribution in [0.4, 0.5) is 10.1 Å². The molecule has 1 rings (SSSR count). The average Bonchev–Trinajstić information content (AvgIpc) is 2.35. The highest BCUT2D eigenvalue weighted by Crippen LogP contribution is 2.29. The molecule has 0 bridgehead atoms. The van der Waals surface area contributed by atoms with Crippen LogP contribution >= 0.6 is 0 Å². The van der Waals surface area contributed by atoms with Gasteiger partial charge in [-0.3, -0.25) is 0 Å². The average molecular weight is 304 g/mol. The first-order chi connectivity index (χ1) is 9.20. The minimum absolute atomic E-state index is 0.0386. The van der Waals surface area contributed by atoms with Crippen molar-refractivity contribution < 1.29 is 17.5 Å². The Labute approximate surface area is 119 Å². The van der Waals surface area contributed by atoms with E-state index in [1.54, 1.807) is 0 Å². The number of nitrogen functional groups attached to an aromatic ring is 1. The number of anilines is 1. The Bertz CT molecular complexity index is 550. The molecule has 0 saturated heterocycles. The van der Waals surface area contributed by atoms with Gasteiger partial charge >= 0.3 is 0 Å². The van der Waals surface area contributed by atoms with E-state index < -0.39 is 15.8 Å². The predicted molar refractivity (Wildman–Crippen MR) is 76.6 cm³/mol. The maximum absolute atomic E-state index is 13.7. The van der Waals surface area contributed by atoms with Crippen LogP contribution in [-0.4, -0.2) is 33.4 Å². The first-order valence-electron chi connectivity index (χ1n) is 6.29. The van der Waals surface area contributed by atoms with E-state index in [9.17, 15) is 12.8 Å². The number of nitrogens with zero attached hydrogens (tertiary/aromatic N) is 1. The fourth-order valence-corrected chi connectivity index (χ4v) is 2.93. The minimum Gasteiger partial charge on any atom is -0.492 e. The molecule has 0 saturated carbocycles. The highest BCUT2D eigenvalue weighted by atomic mass is 32.2. The van der Waals surface area contributed by atoms with Gasteiger partial charge in [0.15, 0.2) is 11.6 Å². The van der Waals surface area contributed by atoms with Crippen LogP contribution in [0.2, 0.25) is 0 Å². The third-order valence-electron chi connectivity index (χ3n) is 2.98. The molecule has 0 amide bonds. The maximum atomic E-state index is 13.7. The fraction of sp³-hybridized carbons (Fsp3) is 0.538. The van der Waals surface area contributed by atoms with E-state index in [-0.39, 0.29) is 16.3 Å². The lowest BCUT2D eigenvalue weighted by Gasteiger charge is -2.19. The number of halogens is 1. The van der Waals surface area contributed by atoms with Crippen LogP contribution in [0.5, 0.6) is 5.75 Å². The van der Waals surface area contributed by atoms with Gasteiger partial charge in [-0.1, -0.05) is 13.8 Å². The Morgan fingerprint density at radius 2 is 2.00 bits per heavy atom. The zero-order valence-corrected chi connectivity index (χ0v) is 13.0. The molecule has 7 heteroatoms. The Kier molecular flexibility index (Phi) is 5.35. The van der Waals surface area contributed by atoms with Gasteiger partial charge in [0.2, 0.25) is 10.0 Å². The second-order valence-electron chi connectivity index (χ2n) is 5.04. The van der Waals surface area contributed by atoms with Crippen molar-refractivity contribution in [3.63, 3.8) is 0 Å². The van der Waals surface area contributed by atoms with Crippen molar-refractivity contribution in [2.24, 2.45) is 5.92 Å². The fourth-order valence-electron chi connectivity index (χ4n) is 1.69. The SMILES string of the molecule is COc1c(N)cc(S(=O)(=O)N(C)CCC(C)C)cc1F. The molecule has 0 atom stereocenters. The molecule has 0 radical (unpaired) electrons. The van der Waals surface area contributed by atoms with Gasteiger partial charge in [0.05, 0.1) is 17.7 Å². The van der Waals surface area contributed by atoms with Gasteiger partial charge in [-0.2, -0.15) is 0 Å². The second kappa shape index (κ2) is 6.41. The van der Waals surface area contributed by atoms with Gasteiger partial charge in [-0.25, -0.2) is 17.1 Å². The van der Waals surface area contributed by atoms with E-state index in [1.807, 2.05) is 13.8 Å². The molecule has 0 aromatic heterocycles. The summed E-state index contributed by atoms with van der Waals surface area (Å²) in [7, 11) is -1.00. The van der Waals surface area contributed by atoms with Crippen molar-refractivity contribution in [3.8, 4) is 5.75 Å². The minimum atomic E-state index is -3.75. The first-order valence-corrected chi connectivity index (χ1v) is 7.73. The van der Waals surface area contributed by atoms with Gasteiger partial charge in [0, 0.05) is 13.6 Å². The smallest absolute Gasteiger partial charge is 0.242 e. The molecule has 0 aliphatic rings. The zero-order chi connectivity index (χ0) is 15.5. The van der Waals surface area contributed by atoms with Crippen LogP contribution < -0.4 is 10.5 Å². The molecule has 0 fully saturated rings. The van der Waals surface area contributed by atoms with Crippen molar-refractivity contribution in [1.29, 1.82) is 0 Å². The summed E-state index contributed by atoms with van der Waals surface area (Å²) in [4.78, 5) is -0.167. The predicted octanol–water partition coefficient (Wildman–Crippen LogP) is 2.08. The molecule has 20 heavy (non-hydrogen) atoms. The van der Waals surface area contributed by atoms with Gasteiger partial charge in [-0.05, 0) is 24.5 Å². The lowest BCUT2D eigenvalue weighted by atomic mass is 10.1. The summed E-state index contributed by atoms with van der Waals surface area (Å²) in [6.45, 7) is 4.38. The largest absolute Gasteiger partial charge is 0.492 e. The Hall–Kier alpha value is -1.34. The van der Waals surface area contributed by atoms with E-state index in [4.69, 9.17) is 10.5 Å². The van der Waals surface area contributed by atoms with E-state index in [1.165, 1.54) is 24.5 Å². The summed E-state index contributed by atoms with van der Waals surface area (Å²) in [5.41, 5.74) is 5.57. The lowest BCUT2D eigenvalue weighted by molar-refractivity contribution is 0.387. The highest BCUT2D eigenvalue weighted by Gasteiger charge is 2.23. The van der Waals surface area contributed by atoms with Crippen LogP contribution in [-0.2, 0) is 10.0 Å². The third kappa shape index (κ3) is 3.61. The normalized spacial score (nSPS) is 12.2. The van der Waals surface area contributed by atoms with Gasteiger partial charge in [0.25, 0.3) is 0 Å². The highest BCUT2D eigenvalue weighted by molar-refractivity contribution is 7.89. The molecule has 0 aliphatic heterocycles. The Morgan fingerprint density at radius 1 is 1.40 bits per heavy atom. The van der Waals surface area contributed by atoms with E-state index >= 15 is 0 Å². The van der Waals surface area contributed by atoms with Gasteiger partial charge in [-0.15, -0.1) is 0 Å². The molecule has 1 aromatic rings. The Balaban J connectivity index is 3.10. The molecule has 114 valence electrons. The van der Waals surface area contributed by atoms with Crippen LogP contribution in [0.3, 0.4) is 0 Å². The van der Waals surface area contributed by atoms with Gasteiger partial charge in [0.1, 0.15) is 0 Å². The van der Waals surface area contributed by atoms with Crippen molar-refractivity contribution >= 4 is 15.7 Å².